The zero-order valence-corrected chi connectivity index (χ0v) is 16.8. The highest BCUT2D eigenvalue weighted by Crippen LogP contribution is 2.15. The molecule has 0 bridgehead atoms. The molecule has 0 unspecified atom stereocenters. The van der Waals surface area contributed by atoms with Crippen molar-refractivity contribution in [3.8, 4) is 0 Å². The Kier molecular flexibility index (Phi) is 7.54. The van der Waals surface area contributed by atoms with Gasteiger partial charge in [-0.2, -0.15) is 5.10 Å². The Balaban J connectivity index is 0.00000264. The quantitative estimate of drug-likeness (QED) is 0.448. The van der Waals surface area contributed by atoms with Crippen molar-refractivity contribution < 1.29 is 0 Å². The maximum absolute atomic E-state index is 4.27. The molecule has 0 saturated heterocycles. The normalized spacial score (nSPS) is 11.1. The number of guanidine groups is 1. The summed E-state index contributed by atoms with van der Waals surface area (Å²) in [5, 5.41) is 10.9. The molecule has 0 amide bonds. The predicted molar refractivity (Wildman–Crippen MR) is 106 cm³/mol. The van der Waals surface area contributed by atoms with E-state index in [2.05, 4.69) is 53.6 Å². The first-order chi connectivity index (χ1) is 10.5. The Hall–Kier alpha value is -1.57. The van der Waals surface area contributed by atoms with E-state index in [-0.39, 0.29) is 24.0 Å². The van der Waals surface area contributed by atoms with E-state index in [0.29, 0.717) is 6.54 Å². The van der Waals surface area contributed by atoms with Crippen LogP contribution < -0.4 is 10.6 Å². The topological polar surface area (TPSA) is 54.2 Å². The number of hydrogen-bond donors (Lipinski definition) is 2. The van der Waals surface area contributed by atoms with E-state index in [1.807, 2.05) is 17.8 Å². The first-order valence-corrected chi connectivity index (χ1v) is 7.49. The number of aromatic nitrogens is 2. The highest BCUT2D eigenvalue weighted by Gasteiger charge is 2.06. The minimum Gasteiger partial charge on any atom is -0.352 e. The van der Waals surface area contributed by atoms with Gasteiger partial charge in [-0.15, -0.1) is 24.0 Å². The summed E-state index contributed by atoms with van der Waals surface area (Å²) in [6, 6.07) is 6.43. The number of rotatable bonds is 4. The van der Waals surface area contributed by atoms with Crippen LogP contribution in [0.25, 0.3) is 0 Å². The summed E-state index contributed by atoms with van der Waals surface area (Å²) in [5.74, 6) is 0.792. The van der Waals surface area contributed by atoms with Crippen LogP contribution in [0.4, 0.5) is 0 Å². The predicted octanol–water partition coefficient (Wildman–Crippen LogP) is 2.83. The Bertz CT molecular complexity index is 652. The van der Waals surface area contributed by atoms with Crippen molar-refractivity contribution in [2.45, 2.75) is 33.9 Å². The maximum atomic E-state index is 4.27. The van der Waals surface area contributed by atoms with Gasteiger partial charge in [-0.05, 0) is 43.5 Å². The lowest BCUT2D eigenvalue weighted by Gasteiger charge is -2.15. The van der Waals surface area contributed by atoms with Crippen LogP contribution >= 0.6 is 24.0 Å². The van der Waals surface area contributed by atoms with Crippen LogP contribution in [0.3, 0.4) is 0 Å². The number of halogens is 1. The molecule has 126 valence electrons. The van der Waals surface area contributed by atoms with Crippen molar-refractivity contribution >= 4 is 29.9 Å². The van der Waals surface area contributed by atoms with Crippen LogP contribution in [0.15, 0.2) is 29.4 Å². The highest BCUT2D eigenvalue weighted by atomic mass is 127. The molecule has 0 aliphatic rings. The molecule has 23 heavy (non-hydrogen) atoms. The molecule has 0 radical (unpaired) electrons. The van der Waals surface area contributed by atoms with Crippen LogP contribution in [0.2, 0.25) is 0 Å². The molecule has 0 aliphatic carbocycles. The monoisotopic (exact) mass is 427 g/mol. The van der Waals surface area contributed by atoms with E-state index >= 15 is 0 Å². The van der Waals surface area contributed by atoms with Gasteiger partial charge in [0.1, 0.15) is 0 Å². The summed E-state index contributed by atoms with van der Waals surface area (Å²) >= 11 is 0. The second-order valence-electron chi connectivity index (χ2n) is 5.60. The van der Waals surface area contributed by atoms with Gasteiger partial charge < -0.3 is 10.6 Å². The van der Waals surface area contributed by atoms with Crippen molar-refractivity contribution in [3.63, 3.8) is 0 Å². The van der Waals surface area contributed by atoms with Gasteiger partial charge in [-0.3, -0.25) is 9.67 Å². The molecule has 0 atom stereocenters. The van der Waals surface area contributed by atoms with Crippen molar-refractivity contribution in [1.82, 2.24) is 20.4 Å². The van der Waals surface area contributed by atoms with Gasteiger partial charge >= 0.3 is 0 Å². The largest absolute Gasteiger partial charge is 0.352 e. The number of hydrogen-bond acceptors (Lipinski definition) is 2. The maximum Gasteiger partial charge on any atom is 0.191 e. The molecule has 0 aliphatic heterocycles. The summed E-state index contributed by atoms with van der Waals surface area (Å²) in [6.07, 6.45) is 1.80. The van der Waals surface area contributed by atoms with Crippen LogP contribution in [-0.4, -0.2) is 22.8 Å². The molecule has 0 saturated carbocycles. The van der Waals surface area contributed by atoms with Crippen molar-refractivity contribution in [2.75, 3.05) is 7.05 Å². The smallest absolute Gasteiger partial charge is 0.191 e. The lowest BCUT2D eigenvalue weighted by Crippen LogP contribution is -2.37. The van der Waals surface area contributed by atoms with E-state index in [1.165, 1.54) is 22.3 Å². The first kappa shape index (κ1) is 19.5. The number of nitrogens with one attached hydrogen (secondary N) is 2. The van der Waals surface area contributed by atoms with Gasteiger partial charge in [-0.25, -0.2) is 0 Å². The van der Waals surface area contributed by atoms with E-state index in [4.69, 9.17) is 0 Å². The number of aryl methyl sites for hydroxylation is 4. The SMILES string of the molecule is CN=C(NCc1c(C)cc(C)cc1C)NCc1ccnn1C.I. The fourth-order valence-corrected chi connectivity index (χ4v) is 2.63. The van der Waals surface area contributed by atoms with E-state index in [0.717, 1.165) is 18.2 Å². The van der Waals surface area contributed by atoms with Gasteiger partial charge in [0, 0.05) is 26.8 Å². The fourth-order valence-electron chi connectivity index (χ4n) is 2.63. The average Bonchev–Trinajstić information content (AvgIpc) is 2.86. The van der Waals surface area contributed by atoms with E-state index in [1.54, 1.807) is 13.2 Å². The first-order valence-electron chi connectivity index (χ1n) is 7.49. The fraction of sp³-hybridized carbons (Fsp3) is 0.412. The Labute approximate surface area is 155 Å². The van der Waals surface area contributed by atoms with Crippen molar-refractivity contribution in [2.24, 2.45) is 12.0 Å². The van der Waals surface area contributed by atoms with Crippen LogP contribution in [0.5, 0.6) is 0 Å². The van der Waals surface area contributed by atoms with Crippen molar-refractivity contribution in [1.29, 1.82) is 0 Å². The molecule has 2 rings (SSSR count). The second-order valence-corrected chi connectivity index (χ2v) is 5.60. The molecule has 2 aromatic rings. The molecule has 2 N–H and O–H groups in total. The molecule has 0 fully saturated rings. The third-order valence-corrected chi connectivity index (χ3v) is 3.86. The number of benzene rings is 1. The number of aliphatic imine (C=N–C) groups is 1. The molecule has 5 nitrogen and oxygen atoms in total. The van der Waals surface area contributed by atoms with Gasteiger partial charge in [0.05, 0.1) is 12.2 Å². The minimum absolute atomic E-state index is 0. The zero-order valence-electron chi connectivity index (χ0n) is 14.5. The Morgan fingerprint density at radius 2 is 1.74 bits per heavy atom. The van der Waals surface area contributed by atoms with Crippen LogP contribution in [0, 0.1) is 20.8 Å². The lowest BCUT2D eigenvalue weighted by atomic mass is 10.00. The molecule has 1 aromatic heterocycles. The summed E-state index contributed by atoms with van der Waals surface area (Å²) in [7, 11) is 3.72. The highest BCUT2D eigenvalue weighted by molar-refractivity contribution is 14.0. The molecule has 1 heterocycles. The summed E-state index contributed by atoms with van der Waals surface area (Å²) in [6.45, 7) is 7.91. The van der Waals surface area contributed by atoms with Crippen LogP contribution in [0.1, 0.15) is 27.9 Å². The molecule has 6 heteroatoms. The summed E-state index contributed by atoms with van der Waals surface area (Å²) < 4.78 is 1.86. The summed E-state index contributed by atoms with van der Waals surface area (Å²) in [4.78, 5) is 4.27. The van der Waals surface area contributed by atoms with Gasteiger partial charge in [0.2, 0.25) is 0 Å². The van der Waals surface area contributed by atoms with E-state index < -0.39 is 0 Å². The lowest BCUT2D eigenvalue weighted by molar-refractivity contribution is 0.684. The standard InChI is InChI=1S/C17H25N5.HI/c1-12-8-13(2)16(14(3)9-12)11-20-17(18-4)19-10-15-6-7-21-22(15)5;/h6-9H,10-11H2,1-5H3,(H2,18,19,20);1H. The van der Waals surface area contributed by atoms with Crippen molar-refractivity contribution in [3.05, 3.63) is 52.3 Å². The van der Waals surface area contributed by atoms with Gasteiger partial charge in [0.15, 0.2) is 5.96 Å². The Morgan fingerprint density at radius 1 is 1.13 bits per heavy atom. The third-order valence-electron chi connectivity index (χ3n) is 3.86. The van der Waals surface area contributed by atoms with Gasteiger partial charge in [-0.1, -0.05) is 17.7 Å². The number of nitrogens with zero attached hydrogens (tertiary/aromatic N) is 3. The molecule has 0 spiro atoms. The minimum atomic E-state index is 0. The molecular formula is C17H26IN5. The average molecular weight is 427 g/mol. The van der Waals surface area contributed by atoms with Crippen LogP contribution in [-0.2, 0) is 20.1 Å². The zero-order chi connectivity index (χ0) is 16.1. The summed E-state index contributed by atoms with van der Waals surface area (Å²) in [5.41, 5.74) is 6.37. The molecular weight excluding hydrogens is 401 g/mol. The van der Waals surface area contributed by atoms with Gasteiger partial charge in [0.25, 0.3) is 0 Å². The third kappa shape index (κ3) is 5.23. The van der Waals surface area contributed by atoms with E-state index in [9.17, 15) is 0 Å². The second kappa shape index (κ2) is 8.90. The Morgan fingerprint density at radius 3 is 2.26 bits per heavy atom. The molecule has 1 aromatic carbocycles.